The Labute approximate surface area is 99.7 Å². The predicted octanol–water partition coefficient (Wildman–Crippen LogP) is 2.40. The number of alkyl halides is 1. The molecule has 17 heavy (non-hydrogen) atoms. The maximum Gasteiger partial charge on any atom is 0.335 e. The summed E-state index contributed by atoms with van der Waals surface area (Å²) in [6, 6.07) is 6.06. The van der Waals surface area contributed by atoms with E-state index in [9.17, 15) is 9.18 Å². The van der Waals surface area contributed by atoms with Gasteiger partial charge in [0.15, 0.2) is 0 Å². The fourth-order valence-electron chi connectivity index (χ4n) is 2.21. The normalized spacial score (nSPS) is 22.1. The van der Waals surface area contributed by atoms with E-state index in [1.54, 1.807) is 12.1 Å². The first-order valence-corrected chi connectivity index (χ1v) is 5.86. The number of hydrogen-bond acceptors (Lipinski definition) is 2. The van der Waals surface area contributed by atoms with E-state index in [1.165, 1.54) is 12.1 Å². The number of piperidine rings is 1. The Morgan fingerprint density at radius 3 is 2.65 bits per heavy atom. The standard InChI is InChI=1S/C13H16FNO2/c14-12(11-2-1-7-15-8-11)9-3-5-10(6-4-9)13(16)17/h3-6,11-12,15H,1-2,7-8H2,(H,16,17). The lowest BCUT2D eigenvalue weighted by Crippen LogP contribution is -2.32. The van der Waals surface area contributed by atoms with E-state index in [4.69, 9.17) is 5.11 Å². The average molecular weight is 237 g/mol. The highest BCUT2D eigenvalue weighted by Crippen LogP contribution is 2.30. The predicted molar refractivity (Wildman–Crippen MR) is 62.8 cm³/mol. The molecule has 2 rings (SSSR count). The van der Waals surface area contributed by atoms with Gasteiger partial charge in [-0.25, -0.2) is 9.18 Å². The van der Waals surface area contributed by atoms with Crippen LogP contribution in [0.5, 0.6) is 0 Å². The first-order chi connectivity index (χ1) is 8.18. The molecule has 92 valence electrons. The third-order valence-electron chi connectivity index (χ3n) is 3.22. The van der Waals surface area contributed by atoms with Crippen LogP contribution in [0.1, 0.15) is 34.9 Å². The Bertz CT molecular complexity index is 385. The summed E-state index contributed by atoms with van der Waals surface area (Å²) in [6.45, 7) is 1.66. The maximum atomic E-state index is 14.2. The van der Waals surface area contributed by atoms with Crippen LogP contribution in [-0.4, -0.2) is 24.2 Å². The summed E-state index contributed by atoms with van der Waals surface area (Å²) in [7, 11) is 0. The van der Waals surface area contributed by atoms with E-state index in [0.717, 1.165) is 19.4 Å². The molecule has 1 aliphatic rings. The first-order valence-electron chi connectivity index (χ1n) is 5.86. The number of carboxylic acids is 1. The second kappa shape index (κ2) is 5.27. The summed E-state index contributed by atoms with van der Waals surface area (Å²) in [6.07, 6.45) is 0.873. The first kappa shape index (κ1) is 12.0. The highest BCUT2D eigenvalue weighted by atomic mass is 19.1. The van der Waals surface area contributed by atoms with Gasteiger partial charge in [-0.05, 0) is 37.1 Å². The second-order valence-corrected chi connectivity index (χ2v) is 4.44. The summed E-state index contributed by atoms with van der Waals surface area (Å²) in [5.74, 6) is -0.981. The molecule has 0 saturated carbocycles. The van der Waals surface area contributed by atoms with Crippen LogP contribution in [0.15, 0.2) is 24.3 Å². The topological polar surface area (TPSA) is 49.3 Å². The molecule has 1 aromatic rings. The van der Waals surface area contributed by atoms with E-state index in [2.05, 4.69) is 5.32 Å². The largest absolute Gasteiger partial charge is 0.478 e. The highest BCUT2D eigenvalue weighted by molar-refractivity contribution is 5.87. The van der Waals surface area contributed by atoms with E-state index in [-0.39, 0.29) is 11.5 Å². The molecule has 1 aliphatic heterocycles. The number of carboxylic acid groups (broad SMARTS) is 1. The number of nitrogens with one attached hydrogen (secondary N) is 1. The minimum Gasteiger partial charge on any atom is -0.478 e. The van der Waals surface area contributed by atoms with Gasteiger partial charge in [-0.1, -0.05) is 12.1 Å². The molecular weight excluding hydrogens is 221 g/mol. The number of carbonyl (C=O) groups is 1. The molecule has 3 nitrogen and oxygen atoms in total. The summed E-state index contributed by atoms with van der Waals surface area (Å²) >= 11 is 0. The molecule has 0 bridgehead atoms. The van der Waals surface area contributed by atoms with Gasteiger partial charge in [0.1, 0.15) is 6.17 Å². The Kier molecular flexibility index (Phi) is 3.74. The summed E-state index contributed by atoms with van der Waals surface area (Å²) in [5.41, 5.74) is 0.770. The maximum absolute atomic E-state index is 14.2. The number of rotatable bonds is 3. The van der Waals surface area contributed by atoms with Gasteiger partial charge in [-0.15, -0.1) is 0 Å². The van der Waals surface area contributed by atoms with Crippen molar-refractivity contribution in [3.8, 4) is 0 Å². The molecule has 0 aliphatic carbocycles. The van der Waals surface area contributed by atoms with Crippen molar-refractivity contribution in [3.05, 3.63) is 35.4 Å². The monoisotopic (exact) mass is 237 g/mol. The van der Waals surface area contributed by atoms with Crippen LogP contribution >= 0.6 is 0 Å². The van der Waals surface area contributed by atoms with Crippen molar-refractivity contribution in [3.63, 3.8) is 0 Å². The van der Waals surface area contributed by atoms with Gasteiger partial charge in [0, 0.05) is 12.5 Å². The minimum absolute atomic E-state index is 0.000530. The smallest absolute Gasteiger partial charge is 0.335 e. The van der Waals surface area contributed by atoms with Gasteiger partial charge < -0.3 is 10.4 Å². The van der Waals surface area contributed by atoms with Gasteiger partial charge in [0.25, 0.3) is 0 Å². The van der Waals surface area contributed by atoms with Crippen molar-refractivity contribution in [2.24, 2.45) is 5.92 Å². The lowest BCUT2D eigenvalue weighted by atomic mass is 9.90. The zero-order valence-electron chi connectivity index (χ0n) is 9.53. The molecule has 2 N–H and O–H groups in total. The Balaban J connectivity index is 2.07. The second-order valence-electron chi connectivity index (χ2n) is 4.44. The molecule has 0 spiro atoms. The molecule has 0 aromatic heterocycles. The molecule has 0 amide bonds. The van der Waals surface area contributed by atoms with Crippen LogP contribution in [0, 0.1) is 5.92 Å². The minimum atomic E-state index is -1.01. The third kappa shape index (κ3) is 2.82. The fourth-order valence-corrected chi connectivity index (χ4v) is 2.21. The quantitative estimate of drug-likeness (QED) is 0.848. The number of hydrogen-bond donors (Lipinski definition) is 2. The van der Waals surface area contributed by atoms with Crippen LogP contribution in [-0.2, 0) is 0 Å². The van der Waals surface area contributed by atoms with Crippen molar-refractivity contribution in [1.82, 2.24) is 5.32 Å². The number of benzene rings is 1. The molecule has 0 radical (unpaired) electrons. The van der Waals surface area contributed by atoms with Crippen LogP contribution in [0.25, 0.3) is 0 Å². The summed E-state index contributed by atoms with van der Waals surface area (Å²) in [4.78, 5) is 10.7. The highest BCUT2D eigenvalue weighted by Gasteiger charge is 2.24. The van der Waals surface area contributed by atoms with Gasteiger partial charge in [-0.3, -0.25) is 0 Å². The molecule has 1 saturated heterocycles. The van der Waals surface area contributed by atoms with Crippen LogP contribution in [0.4, 0.5) is 4.39 Å². The van der Waals surface area contributed by atoms with Crippen molar-refractivity contribution < 1.29 is 14.3 Å². The van der Waals surface area contributed by atoms with Crippen molar-refractivity contribution in [1.29, 1.82) is 0 Å². The van der Waals surface area contributed by atoms with Crippen LogP contribution in [0.2, 0.25) is 0 Å². The number of halogens is 1. The van der Waals surface area contributed by atoms with Gasteiger partial charge in [0.05, 0.1) is 5.56 Å². The SMILES string of the molecule is O=C(O)c1ccc(C(F)C2CCCNC2)cc1. The van der Waals surface area contributed by atoms with E-state index in [1.807, 2.05) is 0 Å². The van der Waals surface area contributed by atoms with Crippen molar-refractivity contribution in [2.75, 3.05) is 13.1 Å². The summed E-state index contributed by atoms with van der Waals surface area (Å²) in [5, 5.41) is 11.9. The third-order valence-corrected chi connectivity index (χ3v) is 3.22. The van der Waals surface area contributed by atoms with Gasteiger partial charge >= 0.3 is 5.97 Å². The fraction of sp³-hybridized carbons (Fsp3) is 0.462. The Morgan fingerprint density at radius 1 is 1.41 bits per heavy atom. The Hall–Kier alpha value is -1.42. The lowest BCUT2D eigenvalue weighted by molar-refractivity contribution is 0.0696. The van der Waals surface area contributed by atoms with E-state index in [0.29, 0.717) is 12.1 Å². The van der Waals surface area contributed by atoms with Crippen molar-refractivity contribution >= 4 is 5.97 Å². The molecule has 4 heteroatoms. The van der Waals surface area contributed by atoms with Gasteiger partial charge in [-0.2, -0.15) is 0 Å². The summed E-state index contributed by atoms with van der Waals surface area (Å²) < 4.78 is 14.2. The van der Waals surface area contributed by atoms with E-state index >= 15 is 0 Å². The van der Waals surface area contributed by atoms with Crippen LogP contribution < -0.4 is 5.32 Å². The lowest BCUT2D eigenvalue weighted by Gasteiger charge is -2.26. The Morgan fingerprint density at radius 2 is 2.12 bits per heavy atom. The molecule has 2 unspecified atom stereocenters. The van der Waals surface area contributed by atoms with Crippen molar-refractivity contribution in [2.45, 2.75) is 19.0 Å². The van der Waals surface area contributed by atoms with E-state index < -0.39 is 12.1 Å². The molecule has 1 heterocycles. The molecule has 1 fully saturated rings. The average Bonchev–Trinajstić information content (AvgIpc) is 2.39. The number of aromatic carboxylic acids is 1. The van der Waals surface area contributed by atoms with Crippen LogP contribution in [0.3, 0.4) is 0 Å². The van der Waals surface area contributed by atoms with Gasteiger partial charge in [0.2, 0.25) is 0 Å². The zero-order valence-corrected chi connectivity index (χ0v) is 9.53. The zero-order chi connectivity index (χ0) is 12.3. The molecule has 1 aromatic carbocycles. The molecule has 2 atom stereocenters. The molecular formula is C13H16FNO2.